The first kappa shape index (κ1) is 41.7. The SMILES string of the molecule is CC(C)C[C@H](NC(=O)OCC1c2ccccc2-c2ccccc21)C(=O)N[C@@H](CSC(c1ccccc1)(c1ccccc1)c1ccccc1)C(=O)N[C@H](C(=O)O)[C@@H](C)O. The van der Waals surface area contributed by atoms with Gasteiger partial charge in [-0.1, -0.05) is 153 Å². The number of aliphatic hydroxyl groups is 1. The molecule has 0 bridgehead atoms. The van der Waals surface area contributed by atoms with Crippen molar-refractivity contribution in [2.45, 2.75) is 62.1 Å². The van der Waals surface area contributed by atoms with Crippen LogP contribution >= 0.6 is 11.8 Å². The Morgan fingerprint density at radius 3 is 1.53 bits per heavy atom. The molecule has 0 fully saturated rings. The summed E-state index contributed by atoms with van der Waals surface area (Å²) in [5.74, 6) is -3.13. The molecule has 58 heavy (non-hydrogen) atoms. The zero-order valence-electron chi connectivity index (χ0n) is 32.7. The number of carboxylic acids is 1. The van der Waals surface area contributed by atoms with Crippen molar-refractivity contribution in [2.75, 3.05) is 12.4 Å². The Balaban J connectivity index is 1.27. The van der Waals surface area contributed by atoms with Crippen LogP contribution in [0.25, 0.3) is 11.1 Å². The van der Waals surface area contributed by atoms with Crippen LogP contribution in [0.1, 0.15) is 60.9 Å². The first-order valence-corrected chi connectivity index (χ1v) is 20.4. The lowest BCUT2D eigenvalue weighted by atomic mass is 9.84. The Morgan fingerprint density at radius 2 is 1.09 bits per heavy atom. The molecule has 0 saturated carbocycles. The van der Waals surface area contributed by atoms with Crippen LogP contribution in [0.3, 0.4) is 0 Å². The third-order valence-corrected chi connectivity index (χ3v) is 12.0. The predicted molar refractivity (Wildman–Crippen MR) is 226 cm³/mol. The molecular formula is C47H49N3O7S. The van der Waals surface area contributed by atoms with Gasteiger partial charge in [0.25, 0.3) is 0 Å². The minimum atomic E-state index is -1.63. The molecule has 0 radical (unpaired) electrons. The molecule has 0 saturated heterocycles. The van der Waals surface area contributed by atoms with E-state index in [0.29, 0.717) is 0 Å². The second kappa shape index (κ2) is 19.0. The molecule has 0 aliphatic heterocycles. The number of benzene rings is 5. The maximum atomic E-state index is 14.3. The van der Waals surface area contributed by atoms with E-state index in [1.807, 2.05) is 153 Å². The number of alkyl carbamates (subject to hydrolysis) is 1. The van der Waals surface area contributed by atoms with Gasteiger partial charge in [-0.2, -0.15) is 0 Å². The standard InChI is InChI=1S/C47H49N3O7S/c1-30(2)27-40(49-46(56)57-28-39-37-25-15-13-23-35(37)36-24-14-16-26-38(36)39)43(52)48-41(44(53)50-42(31(3)51)45(54)55)29-58-47(32-17-7-4-8-18-32,33-19-9-5-10-20-33)34-21-11-6-12-22-34/h4-26,30-31,39-42,51H,27-29H2,1-3H3,(H,48,52)(H,49,56)(H,50,53)(H,54,55)/t31-,40+,41+,42+/m1/s1. The van der Waals surface area contributed by atoms with Crippen molar-refractivity contribution < 1.29 is 34.1 Å². The molecule has 10 nitrogen and oxygen atoms in total. The van der Waals surface area contributed by atoms with Gasteiger partial charge in [0, 0.05) is 11.7 Å². The van der Waals surface area contributed by atoms with Crippen molar-refractivity contribution in [3.8, 4) is 11.1 Å². The number of nitrogens with one attached hydrogen (secondary N) is 3. The highest BCUT2D eigenvalue weighted by atomic mass is 32.2. The lowest BCUT2D eigenvalue weighted by molar-refractivity contribution is -0.145. The largest absolute Gasteiger partial charge is 0.480 e. The molecule has 0 heterocycles. The van der Waals surface area contributed by atoms with Crippen molar-refractivity contribution in [1.29, 1.82) is 0 Å². The average molecular weight is 800 g/mol. The molecule has 4 atom stereocenters. The van der Waals surface area contributed by atoms with E-state index >= 15 is 0 Å². The Kier molecular flexibility index (Phi) is 13.7. The molecule has 1 aliphatic rings. The van der Waals surface area contributed by atoms with Crippen LogP contribution in [-0.2, 0) is 23.9 Å². The number of hydrogen-bond acceptors (Lipinski definition) is 7. The molecule has 5 aromatic carbocycles. The van der Waals surface area contributed by atoms with Gasteiger partial charge in [0.2, 0.25) is 11.8 Å². The lowest BCUT2D eigenvalue weighted by Crippen LogP contribution is -2.58. The molecule has 0 unspecified atom stereocenters. The first-order chi connectivity index (χ1) is 28.0. The van der Waals surface area contributed by atoms with E-state index in [-0.39, 0.29) is 30.6 Å². The summed E-state index contributed by atoms with van der Waals surface area (Å²) in [6.45, 7) is 5.14. The third kappa shape index (κ3) is 9.44. The highest BCUT2D eigenvalue weighted by Crippen LogP contribution is 2.49. The second-order valence-corrected chi connectivity index (χ2v) is 16.1. The number of aliphatic hydroxyl groups excluding tert-OH is 1. The summed E-state index contributed by atoms with van der Waals surface area (Å²) in [6.07, 6.45) is -1.98. The number of fused-ring (bicyclic) bond motifs is 3. The summed E-state index contributed by atoms with van der Waals surface area (Å²) in [5, 5.41) is 28.2. The molecular weight excluding hydrogens is 751 g/mol. The maximum Gasteiger partial charge on any atom is 0.407 e. The van der Waals surface area contributed by atoms with Crippen LogP contribution in [0.2, 0.25) is 0 Å². The van der Waals surface area contributed by atoms with Crippen LogP contribution in [0, 0.1) is 5.92 Å². The highest BCUT2D eigenvalue weighted by molar-refractivity contribution is 8.00. The molecule has 11 heteroatoms. The summed E-state index contributed by atoms with van der Waals surface area (Å²) >= 11 is 1.40. The molecule has 6 rings (SSSR count). The van der Waals surface area contributed by atoms with E-state index in [4.69, 9.17) is 4.74 Å². The zero-order chi connectivity index (χ0) is 41.2. The van der Waals surface area contributed by atoms with Crippen molar-refractivity contribution >= 4 is 35.6 Å². The van der Waals surface area contributed by atoms with Crippen molar-refractivity contribution in [2.24, 2.45) is 5.92 Å². The number of ether oxygens (including phenoxy) is 1. The number of carbonyl (C=O) groups is 4. The van der Waals surface area contributed by atoms with Gasteiger partial charge >= 0.3 is 12.1 Å². The normalized spacial score (nSPS) is 14.3. The summed E-state index contributed by atoms with van der Waals surface area (Å²) < 4.78 is 4.92. The monoisotopic (exact) mass is 799 g/mol. The summed E-state index contributed by atoms with van der Waals surface area (Å²) in [7, 11) is 0. The second-order valence-electron chi connectivity index (χ2n) is 14.9. The fraction of sp³-hybridized carbons (Fsp3) is 0.277. The smallest absolute Gasteiger partial charge is 0.407 e. The topological polar surface area (TPSA) is 154 Å². The number of carboxylic acid groups (broad SMARTS) is 1. The molecule has 300 valence electrons. The number of carbonyl (C=O) groups excluding carboxylic acids is 3. The first-order valence-electron chi connectivity index (χ1n) is 19.4. The molecule has 5 aromatic rings. The van der Waals surface area contributed by atoms with Gasteiger partial charge in [-0.15, -0.1) is 11.8 Å². The van der Waals surface area contributed by atoms with E-state index < -0.39 is 52.9 Å². The lowest BCUT2D eigenvalue weighted by Gasteiger charge is -2.37. The number of hydrogen-bond donors (Lipinski definition) is 5. The Labute approximate surface area is 343 Å². The van der Waals surface area contributed by atoms with Crippen molar-refractivity contribution in [3.05, 3.63) is 167 Å². The van der Waals surface area contributed by atoms with Gasteiger partial charge in [-0.3, -0.25) is 9.59 Å². The number of amides is 3. The van der Waals surface area contributed by atoms with Gasteiger partial charge in [-0.25, -0.2) is 9.59 Å². The van der Waals surface area contributed by atoms with Gasteiger partial charge in [0.15, 0.2) is 6.04 Å². The number of thioether (sulfide) groups is 1. The van der Waals surface area contributed by atoms with Crippen LogP contribution < -0.4 is 16.0 Å². The Hall–Kier alpha value is -5.91. The van der Waals surface area contributed by atoms with Crippen LogP contribution in [0.5, 0.6) is 0 Å². The average Bonchev–Trinajstić information content (AvgIpc) is 3.55. The number of rotatable bonds is 17. The zero-order valence-corrected chi connectivity index (χ0v) is 33.5. The highest BCUT2D eigenvalue weighted by Gasteiger charge is 2.40. The molecule has 3 amide bonds. The molecule has 1 aliphatic carbocycles. The minimum Gasteiger partial charge on any atom is -0.480 e. The molecule has 0 aromatic heterocycles. The van der Waals surface area contributed by atoms with E-state index in [1.54, 1.807) is 0 Å². The van der Waals surface area contributed by atoms with E-state index in [1.165, 1.54) is 18.7 Å². The summed E-state index contributed by atoms with van der Waals surface area (Å²) in [4.78, 5) is 54.0. The maximum absolute atomic E-state index is 14.3. The number of aliphatic carboxylic acids is 1. The fourth-order valence-electron chi connectivity index (χ4n) is 7.56. The molecule has 0 spiro atoms. The van der Waals surface area contributed by atoms with E-state index in [9.17, 15) is 29.4 Å². The summed E-state index contributed by atoms with van der Waals surface area (Å²) in [6, 6.07) is 41.4. The van der Waals surface area contributed by atoms with Gasteiger partial charge in [-0.05, 0) is 58.2 Å². The predicted octanol–water partition coefficient (Wildman–Crippen LogP) is 7.10. The van der Waals surface area contributed by atoms with Crippen LogP contribution in [0.4, 0.5) is 4.79 Å². The fourth-order valence-corrected chi connectivity index (χ4v) is 9.12. The van der Waals surface area contributed by atoms with Crippen molar-refractivity contribution in [3.63, 3.8) is 0 Å². The van der Waals surface area contributed by atoms with Crippen LogP contribution in [-0.4, -0.2) is 70.7 Å². The minimum absolute atomic E-state index is 0.0260. The quantitative estimate of drug-likeness (QED) is 0.0625. The van der Waals surface area contributed by atoms with Gasteiger partial charge in [0.05, 0.1) is 10.9 Å². The van der Waals surface area contributed by atoms with E-state index in [0.717, 1.165) is 38.9 Å². The van der Waals surface area contributed by atoms with E-state index in [2.05, 4.69) is 16.0 Å². The Morgan fingerprint density at radius 1 is 0.638 bits per heavy atom. The molecule has 5 N–H and O–H groups in total. The third-order valence-electron chi connectivity index (χ3n) is 10.3. The van der Waals surface area contributed by atoms with Crippen molar-refractivity contribution in [1.82, 2.24) is 16.0 Å². The summed E-state index contributed by atoms with van der Waals surface area (Å²) in [5.41, 5.74) is 7.04. The Bertz CT molecular complexity index is 2040. The van der Waals surface area contributed by atoms with Gasteiger partial charge < -0.3 is 30.9 Å². The van der Waals surface area contributed by atoms with Gasteiger partial charge in [0.1, 0.15) is 18.7 Å². The van der Waals surface area contributed by atoms with Crippen LogP contribution in [0.15, 0.2) is 140 Å².